The van der Waals surface area contributed by atoms with Crippen molar-refractivity contribution in [2.24, 2.45) is 0 Å². The van der Waals surface area contributed by atoms with Gasteiger partial charge in [-0.25, -0.2) is 4.98 Å². The summed E-state index contributed by atoms with van der Waals surface area (Å²) in [6.07, 6.45) is 3.00. The summed E-state index contributed by atoms with van der Waals surface area (Å²) in [5, 5.41) is 0. The van der Waals surface area contributed by atoms with Crippen molar-refractivity contribution < 1.29 is 0 Å². The summed E-state index contributed by atoms with van der Waals surface area (Å²) in [6.45, 7) is 8.30. The van der Waals surface area contributed by atoms with E-state index >= 15 is 0 Å². The lowest BCUT2D eigenvalue weighted by molar-refractivity contribution is 0.281. The molecule has 1 N–H and O–H groups in total. The van der Waals surface area contributed by atoms with Crippen molar-refractivity contribution in [3.8, 4) is 0 Å². The summed E-state index contributed by atoms with van der Waals surface area (Å²) < 4.78 is 0. The molecule has 3 nitrogen and oxygen atoms in total. The molecule has 0 amide bonds. The zero-order valence-corrected chi connectivity index (χ0v) is 7.30. The highest BCUT2D eigenvalue weighted by atomic mass is 15.2. The van der Waals surface area contributed by atoms with E-state index in [1.165, 1.54) is 6.42 Å². The van der Waals surface area contributed by atoms with E-state index in [9.17, 15) is 0 Å². The number of imidazole rings is 1. The van der Waals surface area contributed by atoms with Gasteiger partial charge in [0.05, 0.1) is 12.0 Å². The second-order valence-electron chi connectivity index (χ2n) is 3.16. The quantitative estimate of drug-likeness (QED) is 0.714. The molecule has 0 unspecified atom stereocenters. The Hall–Kier alpha value is -1.25. The monoisotopic (exact) mass is 163 g/mol. The second kappa shape index (κ2) is 2.66. The summed E-state index contributed by atoms with van der Waals surface area (Å²) >= 11 is 0. The van der Waals surface area contributed by atoms with Crippen LogP contribution in [-0.2, 0) is 0 Å². The minimum atomic E-state index is 1.01. The van der Waals surface area contributed by atoms with Gasteiger partial charge >= 0.3 is 0 Å². The van der Waals surface area contributed by atoms with Crippen molar-refractivity contribution in [2.45, 2.75) is 13.3 Å². The van der Waals surface area contributed by atoms with Gasteiger partial charge in [0, 0.05) is 18.8 Å². The standard InChI is InChI=1S/C9H13N3/c1-7-9(11-6-10-7)8(2)12-4-3-5-12/h6H,2-5H2,1H3,(H,10,11). The summed E-state index contributed by atoms with van der Waals surface area (Å²) in [5.41, 5.74) is 3.17. The maximum atomic E-state index is 4.22. The molecular weight excluding hydrogens is 150 g/mol. The van der Waals surface area contributed by atoms with Crippen LogP contribution in [0.5, 0.6) is 0 Å². The molecule has 0 bridgehead atoms. The molecule has 0 saturated carbocycles. The van der Waals surface area contributed by atoms with E-state index in [0.29, 0.717) is 0 Å². The SMILES string of the molecule is C=C(c1nc[nH]c1C)N1CCC1. The van der Waals surface area contributed by atoms with Gasteiger partial charge in [0.1, 0.15) is 5.69 Å². The number of nitrogens with zero attached hydrogens (tertiary/aromatic N) is 2. The van der Waals surface area contributed by atoms with Crippen molar-refractivity contribution in [3.05, 3.63) is 24.3 Å². The van der Waals surface area contributed by atoms with Crippen molar-refractivity contribution in [3.63, 3.8) is 0 Å². The first-order valence-electron chi connectivity index (χ1n) is 4.23. The maximum absolute atomic E-state index is 4.22. The predicted molar refractivity (Wildman–Crippen MR) is 48.5 cm³/mol. The number of aromatic amines is 1. The Morgan fingerprint density at radius 2 is 2.42 bits per heavy atom. The molecule has 2 rings (SSSR count). The Labute approximate surface area is 72.1 Å². The number of nitrogens with one attached hydrogen (secondary N) is 1. The summed E-state index contributed by atoms with van der Waals surface area (Å²) in [5.74, 6) is 0. The number of aromatic nitrogens is 2. The van der Waals surface area contributed by atoms with Crippen LogP contribution in [0.15, 0.2) is 12.9 Å². The molecule has 1 aliphatic heterocycles. The van der Waals surface area contributed by atoms with Crippen molar-refractivity contribution in [1.29, 1.82) is 0 Å². The molecule has 1 aromatic heterocycles. The average Bonchev–Trinajstić information content (AvgIpc) is 2.31. The number of hydrogen-bond donors (Lipinski definition) is 1. The highest BCUT2D eigenvalue weighted by molar-refractivity contribution is 5.60. The van der Waals surface area contributed by atoms with Gasteiger partial charge < -0.3 is 9.88 Å². The van der Waals surface area contributed by atoms with E-state index in [2.05, 4.69) is 21.4 Å². The van der Waals surface area contributed by atoms with Crippen LogP contribution in [0, 0.1) is 6.92 Å². The van der Waals surface area contributed by atoms with Crippen molar-refractivity contribution in [2.75, 3.05) is 13.1 Å². The molecule has 0 atom stereocenters. The number of aryl methyl sites for hydroxylation is 1. The fourth-order valence-corrected chi connectivity index (χ4v) is 1.39. The topological polar surface area (TPSA) is 31.9 Å². The summed E-state index contributed by atoms with van der Waals surface area (Å²) in [4.78, 5) is 9.53. The Kier molecular flexibility index (Phi) is 1.64. The first kappa shape index (κ1) is 7.40. The van der Waals surface area contributed by atoms with Crippen LogP contribution in [0.25, 0.3) is 5.70 Å². The lowest BCUT2D eigenvalue weighted by Crippen LogP contribution is -2.35. The van der Waals surface area contributed by atoms with Gasteiger partial charge in [0.15, 0.2) is 0 Å². The van der Waals surface area contributed by atoms with E-state index < -0.39 is 0 Å². The fraction of sp³-hybridized carbons (Fsp3) is 0.444. The largest absolute Gasteiger partial charge is 0.370 e. The first-order valence-corrected chi connectivity index (χ1v) is 4.23. The third-order valence-electron chi connectivity index (χ3n) is 2.34. The summed E-state index contributed by atoms with van der Waals surface area (Å²) in [7, 11) is 0. The Balaban J connectivity index is 2.19. The van der Waals surface area contributed by atoms with E-state index in [-0.39, 0.29) is 0 Å². The fourth-order valence-electron chi connectivity index (χ4n) is 1.39. The third-order valence-corrected chi connectivity index (χ3v) is 2.34. The van der Waals surface area contributed by atoms with Gasteiger partial charge in [-0.15, -0.1) is 0 Å². The number of hydrogen-bond acceptors (Lipinski definition) is 2. The molecule has 0 spiro atoms. The Morgan fingerprint density at radius 1 is 1.67 bits per heavy atom. The Bertz CT molecular complexity index is 296. The average molecular weight is 163 g/mol. The lowest BCUT2D eigenvalue weighted by Gasteiger charge is -2.34. The molecule has 1 aliphatic rings. The van der Waals surface area contributed by atoms with Gasteiger partial charge in [-0.2, -0.15) is 0 Å². The zero-order valence-electron chi connectivity index (χ0n) is 7.30. The number of rotatable bonds is 2. The van der Waals surface area contributed by atoms with E-state index in [4.69, 9.17) is 0 Å². The normalized spacial score (nSPS) is 15.9. The molecule has 3 heteroatoms. The molecular formula is C9H13N3. The van der Waals surface area contributed by atoms with Crippen molar-refractivity contribution in [1.82, 2.24) is 14.9 Å². The van der Waals surface area contributed by atoms with Crippen LogP contribution in [0.4, 0.5) is 0 Å². The number of H-pyrrole nitrogens is 1. The lowest BCUT2D eigenvalue weighted by atomic mass is 10.1. The maximum Gasteiger partial charge on any atom is 0.106 e. The first-order chi connectivity index (χ1) is 5.79. The van der Waals surface area contributed by atoms with Gasteiger partial charge in [-0.3, -0.25) is 0 Å². The van der Waals surface area contributed by atoms with Crippen LogP contribution in [0.3, 0.4) is 0 Å². The summed E-state index contributed by atoms with van der Waals surface area (Å²) in [6, 6.07) is 0. The third kappa shape index (κ3) is 1.02. The molecule has 64 valence electrons. The van der Waals surface area contributed by atoms with Crippen LogP contribution in [0.2, 0.25) is 0 Å². The molecule has 12 heavy (non-hydrogen) atoms. The van der Waals surface area contributed by atoms with Crippen LogP contribution < -0.4 is 0 Å². The molecule has 0 aromatic carbocycles. The highest BCUT2D eigenvalue weighted by Crippen LogP contribution is 2.22. The molecule has 1 aromatic rings. The smallest absolute Gasteiger partial charge is 0.106 e. The minimum absolute atomic E-state index is 1.01. The van der Waals surface area contributed by atoms with Gasteiger partial charge in [-0.1, -0.05) is 6.58 Å². The van der Waals surface area contributed by atoms with E-state index in [1.807, 2.05) is 6.92 Å². The Morgan fingerprint density at radius 3 is 2.83 bits per heavy atom. The predicted octanol–water partition coefficient (Wildman–Crippen LogP) is 1.39. The van der Waals surface area contributed by atoms with E-state index in [1.54, 1.807) is 6.33 Å². The van der Waals surface area contributed by atoms with Crippen LogP contribution in [0.1, 0.15) is 17.8 Å². The van der Waals surface area contributed by atoms with Gasteiger partial charge in [0.25, 0.3) is 0 Å². The molecule has 0 radical (unpaired) electrons. The van der Waals surface area contributed by atoms with Crippen molar-refractivity contribution >= 4 is 5.70 Å². The van der Waals surface area contributed by atoms with Gasteiger partial charge in [0.2, 0.25) is 0 Å². The van der Waals surface area contributed by atoms with Crippen LogP contribution in [-0.4, -0.2) is 28.0 Å². The molecule has 0 aliphatic carbocycles. The molecule has 1 fully saturated rings. The number of likely N-dealkylation sites (tertiary alicyclic amines) is 1. The molecule has 2 heterocycles. The van der Waals surface area contributed by atoms with Gasteiger partial charge in [-0.05, 0) is 13.3 Å². The highest BCUT2D eigenvalue weighted by Gasteiger charge is 2.18. The van der Waals surface area contributed by atoms with E-state index in [0.717, 1.165) is 30.2 Å². The molecule has 1 saturated heterocycles. The van der Waals surface area contributed by atoms with Crippen LogP contribution >= 0.6 is 0 Å². The minimum Gasteiger partial charge on any atom is -0.370 e. The zero-order chi connectivity index (χ0) is 8.55. The second-order valence-corrected chi connectivity index (χ2v) is 3.16.